The number of carbonyl (C=O) groups excluding carboxylic acids is 2. The highest BCUT2D eigenvalue weighted by molar-refractivity contribution is 6.30. The lowest BCUT2D eigenvalue weighted by atomic mass is 10.0. The van der Waals surface area contributed by atoms with E-state index < -0.39 is 23.1 Å². The van der Waals surface area contributed by atoms with Crippen LogP contribution in [-0.4, -0.2) is 39.5 Å². The summed E-state index contributed by atoms with van der Waals surface area (Å²) in [6.45, 7) is 1.82. The zero-order chi connectivity index (χ0) is 24.9. The van der Waals surface area contributed by atoms with Crippen molar-refractivity contribution in [2.24, 2.45) is 0 Å². The number of rotatable bonds is 8. The van der Waals surface area contributed by atoms with Crippen molar-refractivity contribution in [2.45, 2.75) is 13.3 Å². The highest BCUT2D eigenvalue weighted by Gasteiger charge is 2.26. The number of halogens is 2. The van der Waals surface area contributed by atoms with E-state index >= 15 is 0 Å². The molecule has 0 unspecified atom stereocenters. The van der Waals surface area contributed by atoms with Crippen molar-refractivity contribution >= 4 is 23.3 Å². The first kappa shape index (κ1) is 24.2. The number of amides is 1. The summed E-state index contributed by atoms with van der Waals surface area (Å²) in [5.74, 6) is -1.54. The molecule has 6 nitrogen and oxygen atoms in total. The number of hydrogen-bond donors (Lipinski definition) is 1. The molecule has 0 radical (unpaired) electrons. The zero-order valence-electron chi connectivity index (χ0n) is 19.0. The van der Waals surface area contributed by atoms with E-state index in [2.05, 4.69) is 5.10 Å². The smallest absolute Gasteiger partial charge is 0.282 e. The Morgan fingerprint density at radius 3 is 2.37 bits per heavy atom. The molecule has 1 amide bonds. The Balaban J connectivity index is 1.75. The van der Waals surface area contributed by atoms with Crippen LogP contribution in [0.25, 0.3) is 16.9 Å². The third-order valence-corrected chi connectivity index (χ3v) is 5.76. The molecule has 0 atom stereocenters. The van der Waals surface area contributed by atoms with Crippen LogP contribution in [0, 0.1) is 5.82 Å². The second-order valence-corrected chi connectivity index (χ2v) is 8.44. The summed E-state index contributed by atoms with van der Waals surface area (Å²) in [5.41, 5.74) is 1.06. The third-order valence-electron chi connectivity index (χ3n) is 5.50. The normalized spacial score (nSPS) is 10.8. The minimum Gasteiger partial charge on any atom is -0.331 e. The topological polar surface area (TPSA) is 75.2 Å². The van der Waals surface area contributed by atoms with Gasteiger partial charge in [0.25, 0.3) is 11.5 Å². The second kappa shape index (κ2) is 10.5. The van der Waals surface area contributed by atoms with Gasteiger partial charge in [-0.3, -0.25) is 19.5 Å². The van der Waals surface area contributed by atoms with Crippen LogP contribution in [0.1, 0.15) is 34.1 Å². The molecule has 4 aromatic rings. The molecule has 3 aromatic carbocycles. The van der Waals surface area contributed by atoms with Gasteiger partial charge in [-0.1, -0.05) is 54.9 Å². The maximum Gasteiger partial charge on any atom is 0.282 e. The van der Waals surface area contributed by atoms with Gasteiger partial charge in [0.05, 0.1) is 17.9 Å². The van der Waals surface area contributed by atoms with Gasteiger partial charge in [-0.25, -0.2) is 9.07 Å². The summed E-state index contributed by atoms with van der Waals surface area (Å²) in [7, 11) is 0. The van der Waals surface area contributed by atoms with Gasteiger partial charge in [0, 0.05) is 22.7 Å². The van der Waals surface area contributed by atoms with E-state index in [0.717, 1.165) is 6.07 Å². The lowest BCUT2D eigenvalue weighted by Gasteiger charge is -2.21. The van der Waals surface area contributed by atoms with E-state index in [-0.39, 0.29) is 24.2 Å². The van der Waals surface area contributed by atoms with E-state index in [9.17, 15) is 18.8 Å². The molecule has 4 rings (SSSR count). The maximum atomic E-state index is 13.7. The largest absolute Gasteiger partial charge is 0.331 e. The summed E-state index contributed by atoms with van der Waals surface area (Å²) in [5, 5.41) is 3.56. The number of carbonyl (C=O) groups is 2. The SMILES string of the molecule is CCCN(CC(=O)c1c(-c2ccccc2)[nH]n(-c2ccc(Cl)cc2)c1=O)C(=O)c1cccc(F)c1. The number of hydrogen-bond acceptors (Lipinski definition) is 3. The zero-order valence-corrected chi connectivity index (χ0v) is 19.8. The van der Waals surface area contributed by atoms with E-state index in [1.165, 1.54) is 27.8 Å². The van der Waals surface area contributed by atoms with Crippen LogP contribution >= 0.6 is 11.6 Å². The molecule has 35 heavy (non-hydrogen) atoms. The van der Waals surface area contributed by atoms with Crippen molar-refractivity contribution in [1.82, 2.24) is 14.7 Å². The van der Waals surface area contributed by atoms with Gasteiger partial charge in [-0.2, -0.15) is 0 Å². The first-order valence-corrected chi connectivity index (χ1v) is 11.5. The molecule has 0 saturated heterocycles. The van der Waals surface area contributed by atoms with Gasteiger partial charge < -0.3 is 4.90 Å². The number of benzene rings is 3. The van der Waals surface area contributed by atoms with Gasteiger partial charge in [0.1, 0.15) is 11.4 Å². The van der Waals surface area contributed by atoms with Crippen LogP contribution < -0.4 is 5.56 Å². The van der Waals surface area contributed by atoms with Gasteiger partial charge >= 0.3 is 0 Å². The monoisotopic (exact) mass is 491 g/mol. The van der Waals surface area contributed by atoms with E-state index in [1.54, 1.807) is 48.5 Å². The van der Waals surface area contributed by atoms with Crippen LogP contribution in [0.3, 0.4) is 0 Å². The standard InChI is InChI=1S/C27H23ClFN3O3/c1-2-15-31(26(34)19-9-6-10-21(29)16-19)17-23(33)24-25(18-7-4-3-5-8-18)30-32(27(24)35)22-13-11-20(28)12-14-22/h3-14,16,30H,2,15,17H2,1H3. The van der Waals surface area contributed by atoms with Crippen molar-refractivity contribution < 1.29 is 14.0 Å². The Bertz CT molecular complexity index is 1410. The lowest BCUT2D eigenvalue weighted by Crippen LogP contribution is -2.37. The van der Waals surface area contributed by atoms with Crippen LogP contribution in [0.5, 0.6) is 0 Å². The highest BCUT2D eigenvalue weighted by atomic mass is 35.5. The number of H-pyrrole nitrogens is 1. The first-order chi connectivity index (χ1) is 16.9. The van der Waals surface area contributed by atoms with Crippen molar-refractivity contribution in [1.29, 1.82) is 0 Å². The van der Waals surface area contributed by atoms with Crippen LogP contribution in [0.15, 0.2) is 83.7 Å². The number of nitrogens with zero attached hydrogens (tertiary/aromatic N) is 2. The summed E-state index contributed by atoms with van der Waals surface area (Å²) in [4.78, 5) is 41.4. The molecule has 0 aliphatic carbocycles. The number of nitrogens with one attached hydrogen (secondary N) is 1. The minimum atomic E-state index is -0.540. The third kappa shape index (κ3) is 5.25. The molecule has 0 bridgehead atoms. The van der Waals surface area contributed by atoms with Gasteiger partial charge in [0.2, 0.25) is 0 Å². The maximum absolute atomic E-state index is 13.7. The average Bonchev–Trinajstić information content (AvgIpc) is 3.21. The predicted molar refractivity (Wildman–Crippen MR) is 134 cm³/mol. The van der Waals surface area contributed by atoms with Crippen LogP contribution in [0.2, 0.25) is 5.02 Å². The molecular formula is C27H23ClFN3O3. The van der Waals surface area contributed by atoms with E-state index in [4.69, 9.17) is 11.6 Å². The Hall–Kier alpha value is -3.97. The Kier molecular flexibility index (Phi) is 7.27. The molecule has 0 saturated carbocycles. The molecular weight excluding hydrogens is 469 g/mol. The molecule has 178 valence electrons. The molecule has 0 fully saturated rings. The van der Waals surface area contributed by atoms with E-state index in [0.29, 0.717) is 28.4 Å². The molecule has 0 spiro atoms. The number of aromatic amines is 1. The summed E-state index contributed by atoms with van der Waals surface area (Å²) < 4.78 is 15.0. The van der Waals surface area contributed by atoms with Crippen molar-refractivity contribution in [3.63, 3.8) is 0 Å². The van der Waals surface area contributed by atoms with Crippen molar-refractivity contribution in [2.75, 3.05) is 13.1 Å². The summed E-state index contributed by atoms with van der Waals surface area (Å²) in [6, 6.07) is 21.0. The molecule has 8 heteroatoms. The fourth-order valence-electron chi connectivity index (χ4n) is 3.86. The lowest BCUT2D eigenvalue weighted by molar-refractivity contribution is 0.0709. The van der Waals surface area contributed by atoms with Gasteiger partial charge in [-0.15, -0.1) is 0 Å². The average molecular weight is 492 g/mol. The first-order valence-electron chi connectivity index (χ1n) is 11.1. The fourth-order valence-corrected chi connectivity index (χ4v) is 3.99. The number of ketones is 1. The fraction of sp³-hybridized carbons (Fsp3) is 0.148. The molecule has 0 aliphatic rings. The van der Waals surface area contributed by atoms with Crippen molar-refractivity contribution in [3.8, 4) is 16.9 Å². The van der Waals surface area contributed by atoms with E-state index in [1.807, 2.05) is 13.0 Å². The number of Topliss-reactive ketones (excluding diaryl/α,β-unsaturated/α-hetero) is 1. The van der Waals surface area contributed by atoms with Crippen LogP contribution in [-0.2, 0) is 0 Å². The quantitative estimate of drug-likeness (QED) is 0.337. The van der Waals surface area contributed by atoms with Crippen LogP contribution in [0.4, 0.5) is 4.39 Å². The Morgan fingerprint density at radius 1 is 1.00 bits per heavy atom. The predicted octanol–water partition coefficient (Wildman–Crippen LogP) is 5.36. The van der Waals surface area contributed by atoms with Gasteiger partial charge in [-0.05, 0) is 48.9 Å². The minimum absolute atomic E-state index is 0.0562. The number of aromatic nitrogens is 2. The summed E-state index contributed by atoms with van der Waals surface area (Å²) >= 11 is 5.99. The highest BCUT2D eigenvalue weighted by Crippen LogP contribution is 2.22. The Morgan fingerprint density at radius 2 is 1.71 bits per heavy atom. The molecule has 1 N–H and O–H groups in total. The molecule has 1 heterocycles. The molecule has 0 aliphatic heterocycles. The Labute approximate surface area is 206 Å². The van der Waals surface area contributed by atoms with Crippen molar-refractivity contribution in [3.05, 3.63) is 111 Å². The summed E-state index contributed by atoms with van der Waals surface area (Å²) in [6.07, 6.45) is 0.585. The molecule has 1 aromatic heterocycles. The second-order valence-electron chi connectivity index (χ2n) is 8.01. The van der Waals surface area contributed by atoms with Gasteiger partial charge in [0.15, 0.2) is 5.78 Å².